The molecule has 0 radical (unpaired) electrons. The molecule has 4 N–H and O–H groups in total. The third-order valence-electron chi connectivity index (χ3n) is 2.10. The average Bonchev–Trinajstić information content (AvgIpc) is 2.18. The lowest BCUT2D eigenvalue weighted by Gasteiger charge is -2.11. The van der Waals surface area contributed by atoms with E-state index in [4.69, 9.17) is 10.8 Å². The van der Waals surface area contributed by atoms with Gasteiger partial charge in [0.25, 0.3) is 0 Å². The van der Waals surface area contributed by atoms with Crippen LogP contribution in [0.15, 0.2) is 16.6 Å². The average molecular weight is 259 g/mol. The molecule has 0 aliphatic rings. The van der Waals surface area contributed by atoms with Crippen molar-refractivity contribution in [3.05, 3.63) is 22.2 Å². The Balaban J connectivity index is 2.73. The molecule has 3 nitrogen and oxygen atoms in total. The maximum atomic E-state index is 8.63. The highest BCUT2D eigenvalue weighted by Crippen LogP contribution is 2.28. The number of nitrogen functional groups attached to an aromatic ring is 1. The Morgan fingerprint density at radius 3 is 2.86 bits per heavy atom. The molecule has 0 amide bonds. The number of benzene rings is 1. The molecule has 0 atom stereocenters. The van der Waals surface area contributed by atoms with Crippen LogP contribution in [0.5, 0.6) is 0 Å². The summed E-state index contributed by atoms with van der Waals surface area (Å²) in [7, 11) is 0. The van der Waals surface area contributed by atoms with Crippen molar-refractivity contribution in [2.24, 2.45) is 0 Å². The van der Waals surface area contributed by atoms with E-state index in [1.165, 1.54) is 0 Å². The van der Waals surface area contributed by atoms with Crippen LogP contribution in [-0.2, 0) is 0 Å². The lowest BCUT2D eigenvalue weighted by atomic mass is 10.1. The number of halogens is 1. The van der Waals surface area contributed by atoms with Crippen LogP contribution in [0.2, 0.25) is 0 Å². The number of aliphatic hydroxyl groups excluding tert-OH is 1. The first-order valence-electron chi connectivity index (χ1n) is 4.56. The molecule has 0 spiro atoms. The van der Waals surface area contributed by atoms with Crippen molar-refractivity contribution in [3.63, 3.8) is 0 Å². The van der Waals surface area contributed by atoms with E-state index in [1.54, 1.807) is 0 Å². The number of aliphatic hydroxyl groups is 1. The van der Waals surface area contributed by atoms with Crippen LogP contribution in [0.1, 0.15) is 12.0 Å². The SMILES string of the molecule is Cc1c(Br)ccc(NCCCO)c1N. The molecule has 0 saturated heterocycles. The zero-order valence-corrected chi connectivity index (χ0v) is 9.76. The van der Waals surface area contributed by atoms with Gasteiger partial charge in [0, 0.05) is 17.6 Å². The van der Waals surface area contributed by atoms with Crippen LogP contribution in [0.4, 0.5) is 11.4 Å². The van der Waals surface area contributed by atoms with Gasteiger partial charge in [0.05, 0.1) is 11.4 Å². The Morgan fingerprint density at radius 2 is 2.21 bits per heavy atom. The molecule has 0 saturated carbocycles. The molecule has 0 fully saturated rings. The van der Waals surface area contributed by atoms with Crippen LogP contribution in [0.25, 0.3) is 0 Å². The first-order valence-corrected chi connectivity index (χ1v) is 5.35. The van der Waals surface area contributed by atoms with Gasteiger partial charge in [0.2, 0.25) is 0 Å². The third kappa shape index (κ3) is 2.62. The van der Waals surface area contributed by atoms with Crippen LogP contribution < -0.4 is 11.1 Å². The second-order valence-electron chi connectivity index (χ2n) is 3.14. The van der Waals surface area contributed by atoms with Crippen LogP contribution in [0.3, 0.4) is 0 Å². The Kier molecular flexibility index (Phi) is 4.22. The summed E-state index contributed by atoms with van der Waals surface area (Å²) in [6.45, 7) is 2.90. The Labute approximate surface area is 92.4 Å². The van der Waals surface area contributed by atoms with E-state index in [0.717, 1.165) is 34.4 Å². The number of nitrogens with two attached hydrogens (primary N) is 1. The van der Waals surface area contributed by atoms with Gasteiger partial charge in [-0.3, -0.25) is 0 Å². The molecular weight excluding hydrogens is 244 g/mol. The maximum absolute atomic E-state index is 8.63. The van der Waals surface area contributed by atoms with Gasteiger partial charge in [-0.15, -0.1) is 0 Å². The number of hydrogen-bond donors (Lipinski definition) is 3. The van der Waals surface area contributed by atoms with Gasteiger partial charge in [-0.1, -0.05) is 15.9 Å². The minimum atomic E-state index is 0.197. The molecular formula is C10H15BrN2O. The quantitative estimate of drug-likeness (QED) is 0.573. The highest BCUT2D eigenvalue weighted by molar-refractivity contribution is 9.10. The van der Waals surface area contributed by atoms with Crippen molar-refractivity contribution in [2.75, 3.05) is 24.2 Å². The van der Waals surface area contributed by atoms with Gasteiger partial charge in [-0.25, -0.2) is 0 Å². The predicted molar refractivity (Wildman–Crippen MR) is 63.5 cm³/mol. The van der Waals surface area contributed by atoms with Crippen molar-refractivity contribution < 1.29 is 5.11 Å². The Morgan fingerprint density at radius 1 is 1.50 bits per heavy atom. The fourth-order valence-corrected chi connectivity index (χ4v) is 1.50. The fraction of sp³-hybridized carbons (Fsp3) is 0.400. The molecule has 1 rings (SSSR count). The van der Waals surface area contributed by atoms with Gasteiger partial charge >= 0.3 is 0 Å². The van der Waals surface area contributed by atoms with Crippen LogP contribution in [-0.4, -0.2) is 18.3 Å². The summed E-state index contributed by atoms with van der Waals surface area (Å²) in [5.41, 5.74) is 8.64. The van der Waals surface area contributed by atoms with E-state index in [1.807, 2.05) is 19.1 Å². The van der Waals surface area contributed by atoms with Gasteiger partial charge < -0.3 is 16.2 Å². The van der Waals surface area contributed by atoms with Gasteiger partial charge in [0.15, 0.2) is 0 Å². The molecule has 1 aromatic carbocycles. The Bertz CT molecular complexity index is 315. The highest BCUT2D eigenvalue weighted by atomic mass is 79.9. The largest absolute Gasteiger partial charge is 0.397 e. The van der Waals surface area contributed by atoms with Gasteiger partial charge in [0.1, 0.15) is 0 Å². The third-order valence-corrected chi connectivity index (χ3v) is 2.96. The van der Waals surface area contributed by atoms with Crippen molar-refractivity contribution in [1.29, 1.82) is 0 Å². The number of nitrogens with one attached hydrogen (secondary N) is 1. The summed E-state index contributed by atoms with van der Waals surface area (Å²) in [5.74, 6) is 0. The lowest BCUT2D eigenvalue weighted by Crippen LogP contribution is -2.06. The molecule has 0 heterocycles. The standard InChI is InChI=1S/C10H15BrN2O/c1-7-8(11)3-4-9(10(7)12)13-5-2-6-14/h3-4,13-14H,2,5-6,12H2,1H3. The molecule has 0 aliphatic carbocycles. The summed E-state index contributed by atoms with van der Waals surface area (Å²) < 4.78 is 1.02. The van der Waals surface area contributed by atoms with E-state index in [2.05, 4.69) is 21.2 Å². The molecule has 78 valence electrons. The summed E-state index contributed by atoms with van der Waals surface area (Å²) in [6.07, 6.45) is 0.731. The van der Waals surface area contributed by atoms with Crippen molar-refractivity contribution >= 4 is 27.3 Å². The second-order valence-corrected chi connectivity index (χ2v) is 3.99. The second kappa shape index (κ2) is 5.22. The van der Waals surface area contributed by atoms with Crippen molar-refractivity contribution in [3.8, 4) is 0 Å². The smallest absolute Gasteiger partial charge is 0.0590 e. The summed E-state index contributed by atoms with van der Waals surface area (Å²) >= 11 is 3.41. The number of rotatable bonds is 4. The first-order chi connectivity index (χ1) is 6.66. The summed E-state index contributed by atoms with van der Waals surface area (Å²) in [5, 5.41) is 11.8. The molecule has 0 unspecified atom stereocenters. The molecule has 4 heteroatoms. The maximum Gasteiger partial charge on any atom is 0.0590 e. The van der Waals surface area contributed by atoms with E-state index < -0.39 is 0 Å². The summed E-state index contributed by atoms with van der Waals surface area (Å²) in [4.78, 5) is 0. The molecule has 0 aromatic heterocycles. The molecule has 0 aliphatic heterocycles. The number of anilines is 2. The van der Waals surface area contributed by atoms with E-state index in [0.29, 0.717) is 0 Å². The van der Waals surface area contributed by atoms with E-state index >= 15 is 0 Å². The van der Waals surface area contributed by atoms with E-state index in [9.17, 15) is 0 Å². The molecule has 0 bridgehead atoms. The monoisotopic (exact) mass is 258 g/mol. The predicted octanol–water partition coefficient (Wildman–Crippen LogP) is 2.13. The van der Waals surface area contributed by atoms with Crippen molar-refractivity contribution in [2.45, 2.75) is 13.3 Å². The minimum Gasteiger partial charge on any atom is -0.397 e. The molecule has 1 aromatic rings. The zero-order chi connectivity index (χ0) is 10.6. The van der Waals surface area contributed by atoms with Gasteiger partial charge in [-0.2, -0.15) is 0 Å². The topological polar surface area (TPSA) is 58.3 Å². The summed E-state index contributed by atoms with van der Waals surface area (Å²) in [6, 6.07) is 3.90. The van der Waals surface area contributed by atoms with E-state index in [-0.39, 0.29) is 6.61 Å². The number of hydrogen-bond acceptors (Lipinski definition) is 3. The highest BCUT2D eigenvalue weighted by Gasteiger charge is 2.04. The van der Waals surface area contributed by atoms with Crippen molar-refractivity contribution in [1.82, 2.24) is 0 Å². The zero-order valence-electron chi connectivity index (χ0n) is 8.18. The van der Waals surface area contributed by atoms with Crippen LogP contribution >= 0.6 is 15.9 Å². The normalized spacial score (nSPS) is 10.2. The van der Waals surface area contributed by atoms with Crippen LogP contribution in [0, 0.1) is 6.92 Å². The van der Waals surface area contributed by atoms with Gasteiger partial charge in [-0.05, 0) is 31.0 Å². The fourth-order valence-electron chi connectivity index (χ4n) is 1.16. The Hall–Kier alpha value is -0.740. The lowest BCUT2D eigenvalue weighted by molar-refractivity contribution is 0.292. The minimum absolute atomic E-state index is 0.197. The first kappa shape index (κ1) is 11.3. The molecule has 14 heavy (non-hydrogen) atoms.